The number of nitrogens with zero attached hydrogens (tertiary/aromatic N) is 3. The summed E-state index contributed by atoms with van der Waals surface area (Å²) < 4.78 is 0. The molecule has 23 heavy (non-hydrogen) atoms. The molecule has 2 aromatic rings. The van der Waals surface area contributed by atoms with Crippen LogP contribution in [0.1, 0.15) is 41.9 Å². The van der Waals surface area contributed by atoms with Crippen LogP contribution in [0.5, 0.6) is 0 Å². The van der Waals surface area contributed by atoms with Gasteiger partial charge in [-0.1, -0.05) is 31.2 Å². The maximum absolute atomic E-state index is 12.2. The first-order valence-electron chi connectivity index (χ1n) is 8.13. The van der Waals surface area contributed by atoms with Gasteiger partial charge >= 0.3 is 0 Å². The Hall–Kier alpha value is -2.43. The normalized spacial score (nSPS) is 15.0. The standard InChI is InChI=1S/C18H22N4O/c1-3-13(2)20-17(23)16-8-10-19-18(21-16)22-11-9-14-6-4-5-7-15(14)12-22/h4-8,10,13H,3,9,11-12H2,1-2H3,(H,20,23). The summed E-state index contributed by atoms with van der Waals surface area (Å²) in [5, 5.41) is 2.94. The summed E-state index contributed by atoms with van der Waals surface area (Å²) in [5.74, 6) is 0.483. The van der Waals surface area contributed by atoms with Gasteiger partial charge in [-0.05, 0) is 37.0 Å². The molecule has 0 bridgehead atoms. The van der Waals surface area contributed by atoms with Crippen LogP contribution in [0.4, 0.5) is 5.95 Å². The Bertz CT molecular complexity index is 701. The van der Waals surface area contributed by atoms with E-state index in [1.54, 1.807) is 12.3 Å². The van der Waals surface area contributed by atoms with Crippen LogP contribution in [0.3, 0.4) is 0 Å². The number of amides is 1. The van der Waals surface area contributed by atoms with Crippen molar-refractivity contribution < 1.29 is 4.79 Å². The molecule has 1 atom stereocenters. The van der Waals surface area contributed by atoms with E-state index < -0.39 is 0 Å². The lowest BCUT2D eigenvalue weighted by molar-refractivity contribution is 0.0934. The molecule has 1 aliphatic heterocycles. The monoisotopic (exact) mass is 310 g/mol. The maximum Gasteiger partial charge on any atom is 0.270 e. The molecule has 3 rings (SSSR count). The van der Waals surface area contributed by atoms with Crippen molar-refractivity contribution in [1.82, 2.24) is 15.3 Å². The second-order valence-corrected chi connectivity index (χ2v) is 5.96. The molecule has 0 fully saturated rings. The van der Waals surface area contributed by atoms with Crippen molar-refractivity contribution in [3.8, 4) is 0 Å². The fourth-order valence-corrected chi connectivity index (χ4v) is 2.69. The average Bonchev–Trinajstić information content (AvgIpc) is 2.61. The number of benzene rings is 1. The predicted molar refractivity (Wildman–Crippen MR) is 90.4 cm³/mol. The van der Waals surface area contributed by atoms with Gasteiger partial charge in [-0.15, -0.1) is 0 Å². The Balaban J connectivity index is 1.77. The molecule has 120 valence electrons. The van der Waals surface area contributed by atoms with Crippen molar-refractivity contribution in [2.75, 3.05) is 11.4 Å². The number of hydrogen-bond donors (Lipinski definition) is 1. The molecule has 0 aliphatic carbocycles. The molecule has 0 radical (unpaired) electrons. The third-order valence-electron chi connectivity index (χ3n) is 4.28. The van der Waals surface area contributed by atoms with Crippen LogP contribution in [0.25, 0.3) is 0 Å². The molecular formula is C18H22N4O. The van der Waals surface area contributed by atoms with Gasteiger partial charge in [0.1, 0.15) is 5.69 Å². The molecule has 1 unspecified atom stereocenters. The van der Waals surface area contributed by atoms with Crippen LogP contribution in [0, 0.1) is 0 Å². The summed E-state index contributed by atoms with van der Waals surface area (Å²) in [6, 6.07) is 10.2. The fraction of sp³-hybridized carbons (Fsp3) is 0.389. The minimum absolute atomic E-state index is 0.139. The van der Waals surface area contributed by atoms with Crippen molar-refractivity contribution in [2.45, 2.75) is 39.3 Å². The highest BCUT2D eigenvalue weighted by Gasteiger charge is 2.19. The molecule has 1 aromatic heterocycles. The maximum atomic E-state index is 12.2. The first-order chi connectivity index (χ1) is 11.2. The second kappa shape index (κ2) is 6.77. The SMILES string of the molecule is CCC(C)NC(=O)c1ccnc(N2CCc3ccccc3C2)n1. The van der Waals surface area contributed by atoms with Gasteiger partial charge in [0.2, 0.25) is 5.95 Å². The molecule has 1 N–H and O–H groups in total. The Morgan fingerprint density at radius 2 is 2.09 bits per heavy atom. The number of rotatable bonds is 4. The predicted octanol–water partition coefficient (Wildman–Crippen LogP) is 2.57. The van der Waals surface area contributed by atoms with Crippen LogP contribution in [-0.2, 0) is 13.0 Å². The van der Waals surface area contributed by atoms with Crippen LogP contribution < -0.4 is 10.2 Å². The number of anilines is 1. The van der Waals surface area contributed by atoms with E-state index >= 15 is 0 Å². The number of fused-ring (bicyclic) bond motifs is 1. The minimum atomic E-state index is -0.139. The fourth-order valence-electron chi connectivity index (χ4n) is 2.69. The molecule has 5 heteroatoms. The van der Waals surface area contributed by atoms with Crippen LogP contribution >= 0.6 is 0 Å². The molecule has 1 aliphatic rings. The van der Waals surface area contributed by atoms with Crippen molar-refractivity contribution in [2.24, 2.45) is 0 Å². The highest BCUT2D eigenvalue weighted by Crippen LogP contribution is 2.21. The lowest BCUT2D eigenvalue weighted by Crippen LogP contribution is -2.34. The Morgan fingerprint density at radius 3 is 2.87 bits per heavy atom. The second-order valence-electron chi connectivity index (χ2n) is 5.96. The lowest BCUT2D eigenvalue weighted by Gasteiger charge is -2.28. The molecule has 0 saturated carbocycles. The summed E-state index contributed by atoms with van der Waals surface area (Å²) in [6.07, 6.45) is 3.53. The van der Waals surface area contributed by atoms with E-state index in [0.29, 0.717) is 11.6 Å². The largest absolute Gasteiger partial charge is 0.348 e. The van der Waals surface area contributed by atoms with Crippen LogP contribution in [-0.4, -0.2) is 28.5 Å². The summed E-state index contributed by atoms with van der Waals surface area (Å²) in [7, 11) is 0. The van der Waals surface area contributed by atoms with E-state index in [1.165, 1.54) is 11.1 Å². The van der Waals surface area contributed by atoms with Gasteiger partial charge in [0.25, 0.3) is 5.91 Å². The molecule has 0 spiro atoms. The van der Waals surface area contributed by atoms with E-state index in [2.05, 4.69) is 44.5 Å². The lowest BCUT2D eigenvalue weighted by atomic mass is 10.0. The topological polar surface area (TPSA) is 58.1 Å². The van der Waals surface area contributed by atoms with Crippen molar-refractivity contribution in [1.29, 1.82) is 0 Å². The van der Waals surface area contributed by atoms with Gasteiger partial charge in [-0.25, -0.2) is 9.97 Å². The molecule has 0 saturated heterocycles. The van der Waals surface area contributed by atoms with Crippen LogP contribution in [0.2, 0.25) is 0 Å². The minimum Gasteiger partial charge on any atom is -0.348 e. The van der Waals surface area contributed by atoms with Crippen molar-refractivity contribution in [3.63, 3.8) is 0 Å². The molecule has 1 aromatic carbocycles. The van der Waals surface area contributed by atoms with Gasteiger partial charge in [-0.2, -0.15) is 0 Å². The highest BCUT2D eigenvalue weighted by atomic mass is 16.1. The first kappa shape index (κ1) is 15.5. The Labute approximate surface area is 136 Å². The zero-order chi connectivity index (χ0) is 16.2. The number of aromatic nitrogens is 2. The number of carbonyl (C=O) groups is 1. The number of carbonyl (C=O) groups excluding carboxylic acids is 1. The van der Waals surface area contributed by atoms with Gasteiger partial charge in [0, 0.05) is 25.3 Å². The van der Waals surface area contributed by atoms with Gasteiger partial charge in [0.15, 0.2) is 0 Å². The molecule has 1 amide bonds. The highest BCUT2D eigenvalue weighted by molar-refractivity contribution is 5.92. The summed E-state index contributed by atoms with van der Waals surface area (Å²) in [4.78, 5) is 23.2. The number of nitrogens with one attached hydrogen (secondary N) is 1. The number of hydrogen-bond acceptors (Lipinski definition) is 4. The zero-order valence-electron chi connectivity index (χ0n) is 13.6. The van der Waals surface area contributed by atoms with E-state index in [-0.39, 0.29) is 11.9 Å². The average molecular weight is 310 g/mol. The van der Waals surface area contributed by atoms with Gasteiger partial charge < -0.3 is 10.2 Å². The Kier molecular flexibility index (Phi) is 4.55. The van der Waals surface area contributed by atoms with Crippen molar-refractivity contribution in [3.05, 3.63) is 53.3 Å². The van der Waals surface area contributed by atoms with Gasteiger partial charge in [-0.3, -0.25) is 4.79 Å². The Morgan fingerprint density at radius 1 is 1.30 bits per heavy atom. The van der Waals surface area contributed by atoms with Crippen molar-refractivity contribution >= 4 is 11.9 Å². The third-order valence-corrected chi connectivity index (χ3v) is 4.28. The van der Waals surface area contributed by atoms with E-state index in [0.717, 1.165) is 25.9 Å². The van der Waals surface area contributed by atoms with Crippen LogP contribution in [0.15, 0.2) is 36.5 Å². The third kappa shape index (κ3) is 3.50. The molecule has 2 heterocycles. The smallest absolute Gasteiger partial charge is 0.270 e. The quantitative estimate of drug-likeness (QED) is 0.943. The van der Waals surface area contributed by atoms with E-state index in [1.807, 2.05) is 13.8 Å². The summed E-state index contributed by atoms with van der Waals surface area (Å²) >= 11 is 0. The van der Waals surface area contributed by atoms with Gasteiger partial charge in [0.05, 0.1) is 0 Å². The van der Waals surface area contributed by atoms with E-state index in [9.17, 15) is 4.79 Å². The summed E-state index contributed by atoms with van der Waals surface area (Å²) in [6.45, 7) is 5.68. The summed E-state index contributed by atoms with van der Waals surface area (Å²) in [5.41, 5.74) is 3.11. The van der Waals surface area contributed by atoms with E-state index in [4.69, 9.17) is 0 Å². The molecular weight excluding hydrogens is 288 g/mol. The first-order valence-corrected chi connectivity index (χ1v) is 8.13. The zero-order valence-corrected chi connectivity index (χ0v) is 13.6. The molecule has 5 nitrogen and oxygen atoms in total.